The van der Waals surface area contributed by atoms with Crippen molar-refractivity contribution in [3.05, 3.63) is 64.2 Å². The number of aromatic nitrogens is 5. The molecule has 0 fully saturated rings. The molecule has 0 unspecified atom stereocenters. The molecular weight excluding hydrogens is 401 g/mol. The van der Waals surface area contributed by atoms with Gasteiger partial charge in [0.1, 0.15) is 12.2 Å². The Balaban J connectivity index is 1.51. The molecule has 0 bridgehead atoms. The van der Waals surface area contributed by atoms with Gasteiger partial charge in [-0.1, -0.05) is 6.07 Å². The van der Waals surface area contributed by atoms with E-state index in [-0.39, 0.29) is 11.4 Å². The minimum absolute atomic E-state index is 0.0629. The monoisotopic (exact) mass is 418 g/mol. The van der Waals surface area contributed by atoms with Crippen molar-refractivity contribution in [2.75, 3.05) is 13.2 Å². The van der Waals surface area contributed by atoms with Crippen molar-refractivity contribution >= 4 is 0 Å². The number of nitrogens with zero attached hydrogens (tertiary/aromatic N) is 5. The first-order chi connectivity index (χ1) is 14.4. The largest absolute Gasteiger partial charge is 0.468 e. The molecule has 4 rings (SSSR count). The number of ether oxygens (including phenoxy) is 1. The van der Waals surface area contributed by atoms with Crippen LogP contribution in [0.5, 0.6) is 5.88 Å². The Labute approximate surface area is 168 Å². The molecule has 4 heterocycles. The second-order valence-corrected chi connectivity index (χ2v) is 6.80. The summed E-state index contributed by atoms with van der Waals surface area (Å²) >= 11 is 0. The molecule has 0 amide bonds. The van der Waals surface area contributed by atoms with Crippen LogP contribution in [0.4, 0.5) is 13.2 Å². The Morgan fingerprint density at radius 2 is 2.03 bits per heavy atom. The van der Waals surface area contributed by atoms with Gasteiger partial charge in [0.25, 0.3) is 5.56 Å². The molecule has 1 aliphatic rings. The van der Waals surface area contributed by atoms with Crippen LogP contribution in [0.25, 0.3) is 11.4 Å². The smallest absolute Gasteiger partial charge is 0.422 e. The lowest BCUT2D eigenvalue weighted by atomic mass is 10.1. The van der Waals surface area contributed by atoms with Crippen molar-refractivity contribution in [1.29, 1.82) is 0 Å². The van der Waals surface area contributed by atoms with Gasteiger partial charge in [0.2, 0.25) is 5.88 Å². The highest BCUT2D eigenvalue weighted by atomic mass is 19.4. The second-order valence-electron chi connectivity index (χ2n) is 6.80. The summed E-state index contributed by atoms with van der Waals surface area (Å²) in [6, 6.07) is 3.30. The molecule has 0 aliphatic carbocycles. The molecule has 30 heavy (non-hydrogen) atoms. The van der Waals surface area contributed by atoms with Crippen LogP contribution in [-0.4, -0.2) is 49.1 Å². The Bertz CT molecular complexity index is 1090. The summed E-state index contributed by atoms with van der Waals surface area (Å²) in [6.45, 7) is -0.206. The summed E-state index contributed by atoms with van der Waals surface area (Å²) in [5.74, 6) is 0.343. The first-order valence-corrected chi connectivity index (χ1v) is 9.12. The average Bonchev–Trinajstić information content (AvgIpc) is 2.73. The third-order valence-electron chi connectivity index (χ3n) is 4.60. The molecule has 8 nitrogen and oxygen atoms in total. The summed E-state index contributed by atoms with van der Waals surface area (Å²) in [5.41, 5.74) is 2.09. The molecule has 3 aromatic rings. The van der Waals surface area contributed by atoms with E-state index in [0.29, 0.717) is 54.3 Å². The van der Waals surface area contributed by atoms with E-state index in [0.717, 1.165) is 0 Å². The molecule has 0 atom stereocenters. The standard InChI is InChI=1S/C19H17F3N6O2/c20-19(21,22)10-30-18-12(2-1-4-25-18)8-28-5-3-15-14(9-28)17(29)27-16(26-15)13-6-23-11-24-7-13/h1-2,4,6-7,11H,3,5,8-10H2,(H,26,27,29). The first kappa shape index (κ1) is 20.0. The van der Waals surface area contributed by atoms with Gasteiger partial charge in [-0.05, 0) is 6.07 Å². The molecule has 0 saturated heterocycles. The number of rotatable bonds is 5. The maximum absolute atomic E-state index is 12.6. The van der Waals surface area contributed by atoms with Gasteiger partial charge in [-0.2, -0.15) is 13.2 Å². The maximum atomic E-state index is 12.6. The van der Waals surface area contributed by atoms with Crippen LogP contribution in [-0.2, 0) is 19.5 Å². The van der Waals surface area contributed by atoms with E-state index in [1.165, 1.54) is 12.5 Å². The summed E-state index contributed by atoms with van der Waals surface area (Å²) in [5, 5.41) is 0. The molecule has 0 aromatic carbocycles. The van der Waals surface area contributed by atoms with E-state index in [4.69, 9.17) is 4.74 Å². The number of halogens is 3. The predicted octanol–water partition coefficient (Wildman–Crippen LogP) is 2.12. The second kappa shape index (κ2) is 8.19. The van der Waals surface area contributed by atoms with Crippen LogP contribution >= 0.6 is 0 Å². The molecule has 0 radical (unpaired) electrons. The Hall–Kier alpha value is -3.34. The number of pyridine rings is 1. The zero-order valence-electron chi connectivity index (χ0n) is 15.7. The van der Waals surface area contributed by atoms with E-state index < -0.39 is 12.8 Å². The fraction of sp³-hybridized carbons (Fsp3) is 0.316. The van der Waals surface area contributed by atoms with Crippen LogP contribution in [0.2, 0.25) is 0 Å². The van der Waals surface area contributed by atoms with Gasteiger partial charge < -0.3 is 9.72 Å². The highest BCUT2D eigenvalue weighted by Gasteiger charge is 2.29. The minimum atomic E-state index is -4.45. The number of hydrogen-bond donors (Lipinski definition) is 1. The normalized spacial score (nSPS) is 14.4. The predicted molar refractivity (Wildman–Crippen MR) is 99.5 cm³/mol. The summed E-state index contributed by atoms with van der Waals surface area (Å²) < 4.78 is 42.3. The molecule has 1 aliphatic heterocycles. The topological polar surface area (TPSA) is 96.9 Å². The fourth-order valence-electron chi connectivity index (χ4n) is 3.24. The van der Waals surface area contributed by atoms with E-state index in [2.05, 4.69) is 24.9 Å². The van der Waals surface area contributed by atoms with Crippen molar-refractivity contribution < 1.29 is 17.9 Å². The Kier molecular flexibility index (Phi) is 5.44. The van der Waals surface area contributed by atoms with Gasteiger partial charge in [-0.15, -0.1) is 0 Å². The van der Waals surface area contributed by atoms with Gasteiger partial charge in [0.15, 0.2) is 6.61 Å². The highest BCUT2D eigenvalue weighted by Crippen LogP contribution is 2.24. The van der Waals surface area contributed by atoms with Crippen LogP contribution in [0.15, 0.2) is 41.8 Å². The van der Waals surface area contributed by atoms with Gasteiger partial charge in [0, 0.05) is 50.2 Å². The van der Waals surface area contributed by atoms with Gasteiger partial charge in [-0.25, -0.2) is 19.9 Å². The van der Waals surface area contributed by atoms with E-state index >= 15 is 0 Å². The van der Waals surface area contributed by atoms with Gasteiger partial charge >= 0.3 is 6.18 Å². The van der Waals surface area contributed by atoms with Crippen LogP contribution in [0.3, 0.4) is 0 Å². The Morgan fingerprint density at radius 1 is 1.23 bits per heavy atom. The number of alkyl halides is 3. The van der Waals surface area contributed by atoms with E-state index in [1.807, 2.05) is 4.90 Å². The minimum Gasteiger partial charge on any atom is -0.468 e. The zero-order chi connectivity index (χ0) is 21.1. The number of hydrogen-bond acceptors (Lipinski definition) is 7. The SMILES string of the molecule is O=c1[nH]c(-c2cncnc2)nc2c1CN(Cc1cccnc1OCC(F)(F)F)CC2. The molecule has 11 heteroatoms. The lowest BCUT2D eigenvalue weighted by Gasteiger charge is -2.28. The fourth-order valence-corrected chi connectivity index (χ4v) is 3.24. The summed E-state index contributed by atoms with van der Waals surface area (Å²) in [6.07, 6.45) is 1.99. The van der Waals surface area contributed by atoms with E-state index in [1.54, 1.807) is 24.5 Å². The molecule has 0 saturated carbocycles. The molecule has 0 spiro atoms. The van der Waals surface area contributed by atoms with Crippen molar-refractivity contribution in [2.45, 2.75) is 25.7 Å². The molecule has 3 aromatic heterocycles. The quantitative estimate of drug-likeness (QED) is 0.678. The van der Waals surface area contributed by atoms with E-state index in [9.17, 15) is 18.0 Å². The summed E-state index contributed by atoms with van der Waals surface area (Å²) in [4.78, 5) is 33.6. The van der Waals surface area contributed by atoms with Crippen molar-refractivity contribution in [2.24, 2.45) is 0 Å². The van der Waals surface area contributed by atoms with Crippen molar-refractivity contribution in [3.8, 4) is 17.3 Å². The van der Waals surface area contributed by atoms with Crippen molar-refractivity contribution in [1.82, 2.24) is 29.8 Å². The highest BCUT2D eigenvalue weighted by molar-refractivity contribution is 5.52. The lowest BCUT2D eigenvalue weighted by molar-refractivity contribution is -0.154. The van der Waals surface area contributed by atoms with Crippen LogP contribution < -0.4 is 10.3 Å². The number of H-pyrrole nitrogens is 1. The number of nitrogens with one attached hydrogen (secondary N) is 1. The first-order valence-electron chi connectivity index (χ1n) is 9.12. The third kappa shape index (κ3) is 4.62. The number of fused-ring (bicyclic) bond motifs is 1. The van der Waals surface area contributed by atoms with Gasteiger partial charge in [-0.3, -0.25) is 9.69 Å². The third-order valence-corrected chi connectivity index (χ3v) is 4.60. The van der Waals surface area contributed by atoms with Crippen LogP contribution in [0, 0.1) is 0 Å². The zero-order valence-corrected chi connectivity index (χ0v) is 15.7. The van der Waals surface area contributed by atoms with Gasteiger partial charge in [0.05, 0.1) is 16.8 Å². The molecule has 156 valence electrons. The summed E-state index contributed by atoms with van der Waals surface area (Å²) in [7, 11) is 0. The van der Waals surface area contributed by atoms with Crippen LogP contribution in [0.1, 0.15) is 16.8 Å². The maximum Gasteiger partial charge on any atom is 0.422 e. The Morgan fingerprint density at radius 3 is 2.80 bits per heavy atom. The average molecular weight is 418 g/mol. The van der Waals surface area contributed by atoms with Crippen molar-refractivity contribution in [3.63, 3.8) is 0 Å². The molecular formula is C19H17F3N6O2. The lowest BCUT2D eigenvalue weighted by Crippen LogP contribution is -2.35. The number of aromatic amines is 1. The molecule has 1 N–H and O–H groups in total.